The molecule has 1 aromatic carbocycles. The lowest BCUT2D eigenvalue weighted by atomic mass is 9.76. The van der Waals surface area contributed by atoms with Gasteiger partial charge in [-0.2, -0.15) is 0 Å². The molecule has 3 nitrogen and oxygen atoms in total. The van der Waals surface area contributed by atoms with Gasteiger partial charge in [-0.25, -0.2) is 4.39 Å². The predicted molar refractivity (Wildman–Crippen MR) is 80.1 cm³/mol. The van der Waals surface area contributed by atoms with Gasteiger partial charge in [-0.15, -0.1) is 0 Å². The summed E-state index contributed by atoms with van der Waals surface area (Å²) in [6, 6.07) is 4.81. The van der Waals surface area contributed by atoms with Crippen molar-refractivity contribution in [1.82, 2.24) is 5.32 Å². The van der Waals surface area contributed by atoms with Crippen LogP contribution in [0.2, 0.25) is 0 Å². The van der Waals surface area contributed by atoms with Crippen LogP contribution in [0.1, 0.15) is 32.3 Å². The Morgan fingerprint density at radius 2 is 2.29 bits per heavy atom. The molecular weight excluding hydrogens is 269 g/mol. The summed E-state index contributed by atoms with van der Waals surface area (Å²) in [5.41, 5.74) is 1.12. The van der Waals surface area contributed by atoms with Crippen LogP contribution in [-0.2, 0) is 11.2 Å². The van der Waals surface area contributed by atoms with Gasteiger partial charge >= 0.3 is 0 Å². The molecule has 0 aliphatic carbocycles. The van der Waals surface area contributed by atoms with E-state index in [-0.39, 0.29) is 23.4 Å². The van der Waals surface area contributed by atoms with Gasteiger partial charge in [0.1, 0.15) is 17.7 Å². The highest BCUT2D eigenvalue weighted by atomic mass is 19.1. The van der Waals surface area contributed by atoms with Crippen molar-refractivity contribution in [2.75, 3.05) is 19.7 Å². The lowest BCUT2D eigenvalue weighted by Crippen LogP contribution is -2.42. The first kappa shape index (κ1) is 14.8. The van der Waals surface area contributed by atoms with Gasteiger partial charge in [0, 0.05) is 30.6 Å². The van der Waals surface area contributed by atoms with Crippen LogP contribution < -0.4 is 10.1 Å². The molecule has 2 heterocycles. The number of hydrogen-bond donors (Lipinski definition) is 1. The highest BCUT2D eigenvalue weighted by molar-refractivity contribution is 5.38. The molecular formula is C17H24FNO2. The third-order valence-electron chi connectivity index (χ3n) is 4.96. The van der Waals surface area contributed by atoms with E-state index in [9.17, 15) is 4.39 Å². The summed E-state index contributed by atoms with van der Waals surface area (Å²) in [5.74, 6) is 0.657. The van der Waals surface area contributed by atoms with Crippen LogP contribution in [0, 0.1) is 11.2 Å². The Labute approximate surface area is 125 Å². The zero-order valence-electron chi connectivity index (χ0n) is 12.8. The fourth-order valence-electron chi connectivity index (χ4n) is 3.62. The molecule has 21 heavy (non-hydrogen) atoms. The van der Waals surface area contributed by atoms with E-state index in [1.807, 2.05) is 0 Å². The summed E-state index contributed by atoms with van der Waals surface area (Å²) in [7, 11) is 0. The minimum absolute atomic E-state index is 0.126. The molecule has 2 aliphatic heterocycles. The summed E-state index contributed by atoms with van der Waals surface area (Å²) >= 11 is 0. The molecule has 116 valence electrons. The largest absolute Gasteiger partial charge is 0.490 e. The zero-order chi connectivity index (χ0) is 14.9. The van der Waals surface area contributed by atoms with E-state index in [1.165, 1.54) is 6.07 Å². The van der Waals surface area contributed by atoms with Gasteiger partial charge < -0.3 is 14.8 Å². The van der Waals surface area contributed by atoms with E-state index in [0.717, 1.165) is 50.3 Å². The molecule has 1 aromatic rings. The summed E-state index contributed by atoms with van der Waals surface area (Å²) in [5, 5.41) is 3.47. The van der Waals surface area contributed by atoms with Crippen molar-refractivity contribution in [3.8, 4) is 5.75 Å². The molecule has 0 aromatic heterocycles. The molecule has 0 saturated carbocycles. The van der Waals surface area contributed by atoms with Crippen LogP contribution >= 0.6 is 0 Å². The maximum Gasteiger partial charge on any atom is 0.123 e. The highest BCUT2D eigenvalue weighted by Gasteiger charge is 2.44. The van der Waals surface area contributed by atoms with Crippen LogP contribution in [0.3, 0.4) is 0 Å². The minimum atomic E-state index is -0.182. The number of benzene rings is 1. The predicted octanol–water partition coefficient (Wildman–Crippen LogP) is 2.92. The second-order valence-electron chi connectivity index (χ2n) is 6.31. The first-order valence-corrected chi connectivity index (χ1v) is 7.90. The minimum Gasteiger partial charge on any atom is -0.490 e. The number of ether oxygens (including phenoxy) is 2. The normalized spacial score (nSPS) is 31.2. The standard InChI is InChI=1S/C17H24FNO2/c1-3-19-11-17(6-7-20-12(17)2)10-15-9-13-8-14(18)4-5-16(13)21-15/h4-5,8,12,15,19H,3,6-7,9-11H2,1-2H3. The molecule has 3 atom stereocenters. The molecule has 1 fully saturated rings. The molecule has 0 amide bonds. The third kappa shape index (κ3) is 2.92. The van der Waals surface area contributed by atoms with Gasteiger partial charge in [-0.3, -0.25) is 0 Å². The molecule has 1 saturated heterocycles. The fourth-order valence-corrected chi connectivity index (χ4v) is 3.62. The van der Waals surface area contributed by atoms with Crippen LogP contribution in [0.5, 0.6) is 5.75 Å². The first-order valence-electron chi connectivity index (χ1n) is 7.90. The molecule has 3 unspecified atom stereocenters. The van der Waals surface area contributed by atoms with E-state index in [0.29, 0.717) is 0 Å². The Bertz CT molecular complexity index is 508. The number of rotatable bonds is 5. The monoisotopic (exact) mass is 293 g/mol. The van der Waals surface area contributed by atoms with Gasteiger partial charge in [0.15, 0.2) is 0 Å². The van der Waals surface area contributed by atoms with Crippen molar-refractivity contribution in [1.29, 1.82) is 0 Å². The van der Waals surface area contributed by atoms with Crippen LogP contribution in [-0.4, -0.2) is 31.9 Å². The maximum absolute atomic E-state index is 13.3. The van der Waals surface area contributed by atoms with E-state index in [1.54, 1.807) is 12.1 Å². The maximum atomic E-state index is 13.3. The van der Waals surface area contributed by atoms with E-state index < -0.39 is 0 Å². The highest BCUT2D eigenvalue weighted by Crippen LogP contribution is 2.42. The Kier molecular flexibility index (Phi) is 4.18. The second-order valence-corrected chi connectivity index (χ2v) is 6.31. The average molecular weight is 293 g/mol. The van der Waals surface area contributed by atoms with Crippen molar-refractivity contribution >= 4 is 0 Å². The summed E-state index contributed by atoms with van der Waals surface area (Å²) in [6.45, 7) is 7.02. The Balaban J connectivity index is 1.70. The number of fused-ring (bicyclic) bond motifs is 1. The molecule has 3 rings (SSSR count). The van der Waals surface area contributed by atoms with Crippen LogP contribution in [0.4, 0.5) is 4.39 Å². The summed E-state index contributed by atoms with van der Waals surface area (Å²) in [6.07, 6.45) is 3.18. The van der Waals surface area contributed by atoms with Crippen molar-refractivity contribution in [3.63, 3.8) is 0 Å². The number of hydrogen-bond acceptors (Lipinski definition) is 3. The van der Waals surface area contributed by atoms with E-state index in [4.69, 9.17) is 9.47 Å². The average Bonchev–Trinajstić information content (AvgIpc) is 3.00. The van der Waals surface area contributed by atoms with Crippen molar-refractivity contribution in [2.24, 2.45) is 5.41 Å². The fraction of sp³-hybridized carbons (Fsp3) is 0.647. The Morgan fingerprint density at radius 1 is 1.43 bits per heavy atom. The topological polar surface area (TPSA) is 30.5 Å². The van der Waals surface area contributed by atoms with Gasteiger partial charge in [-0.1, -0.05) is 6.92 Å². The third-order valence-corrected chi connectivity index (χ3v) is 4.96. The molecule has 0 bridgehead atoms. The van der Waals surface area contributed by atoms with Crippen molar-refractivity contribution < 1.29 is 13.9 Å². The number of nitrogens with one attached hydrogen (secondary N) is 1. The van der Waals surface area contributed by atoms with Gasteiger partial charge in [0.2, 0.25) is 0 Å². The molecule has 2 aliphatic rings. The van der Waals surface area contributed by atoms with Crippen molar-refractivity contribution in [3.05, 3.63) is 29.6 Å². The van der Waals surface area contributed by atoms with Gasteiger partial charge in [-0.05, 0) is 44.5 Å². The van der Waals surface area contributed by atoms with E-state index >= 15 is 0 Å². The Morgan fingerprint density at radius 3 is 3.00 bits per heavy atom. The lowest BCUT2D eigenvalue weighted by molar-refractivity contribution is 0.0372. The quantitative estimate of drug-likeness (QED) is 0.905. The first-order chi connectivity index (χ1) is 10.1. The summed E-state index contributed by atoms with van der Waals surface area (Å²) in [4.78, 5) is 0. The Hall–Kier alpha value is -1.13. The SMILES string of the molecule is CCNCC1(CC2Cc3cc(F)ccc3O2)CCOC1C. The lowest BCUT2D eigenvalue weighted by Gasteiger charge is -2.34. The van der Waals surface area contributed by atoms with Crippen LogP contribution in [0.25, 0.3) is 0 Å². The molecule has 0 spiro atoms. The van der Waals surface area contributed by atoms with Gasteiger partial charge in [0.05, 0.1) is 6.10 Å². The van der Waals surface area contributed by atoms with Crippen molar-refractivity contribution in [2.45, 2.75) is 45.3 Å². The smallest absolute Gasteiger partial charge is 0.123 e. The molecule has 0 radical (unpaired) electrons. The van der Waals surface area contributed by atoms with E-state index in [2.05, 4.69) is 19.2 Å². The van der Waals surface area contributed by atoms with Crippen LogP contribution in [0.15, 0.2) is 18.2 Å². The van der Waals surface area contributed by atoms with Gasteiger partial charge in [0.25, 0.3) is 0 Å². The molecule has 1 N–H and O–H groups in total. The second kappa shape index (κ2) is 5.93. The summed E-state index contributed by atoms with van der Waals surface area (Å²) < 4.78 is 25.2. The number of halogens is 1. The zero-order valence-corrected chi connectivity index (χ0v) is 12.8. The molecule has 4 heteroatoms.